The maximum atomic E-state index is 13.7. The number of hydrogen-bond donors (Lipinski definition) is 1. The lowest BCUT2D eigenvalue weighted by Crippen LogP contribution is -2.46. The molecule has 0 aliphatic carbocycles. The zero-order valence-corrected chi connectivity index (χ0v) is 17.0. The molecule has 30 heavy (non-hydrogen) atoms. The molecule has 0 spiro atoms. The summed E-state index contributed by atoms with van der Waals surface area (Å²) in [7, 11) is 0. The molecule has 2 aromatic carbocycles. The van der Waals surface area contributed by atoms with E-state index in [1.807, 2.05) is 31.2 Å². The quantitative estimate of drug-likeness (QED) is 0.698. The lowest BCUT2D eigenvalue weighted by molar-refractivity contribution is -0.132. The summed E-state index contributed by atoms with van der Waals surface area (Å²) in [5.41, 5.74) is 0.989. The second-order valence-corrected chi connectivity index (χ2v) is 7.52. The predicted molar refractivity (Wildman–Crippen MR) is 109 cm³/mol. The Kier molecular flexibility index (Phi) is 7.38. The number of piperidine rings is 1. The van der Waals surface area contributed by atoms with Gasteiger partial charge in [0.2, 0.25) is 5.91 Å². The van der Waals surface area contributed by atoms with Crippen molar-refractivity contribution < 1.29 is 23.1 Å². The van der Waals surface area contributed by atoms with Crippen molar-refractivity contribution in [3.63, 3.8) is 0 Å². The summed E-state index contributed by atoms with van der Waals surface area (Å²) < 4.78 is 32.4. The molecule has 1 saturated heterocycles. The van der Waals surface area contributed by atoms with E-state index in [-0.39, 0.29) is 17.5 Å². The van der Waals surface area contributed by atoms with Crippen molar-refractivity contribution in [1.82, 2.24) is 10.2 Å². The number of benzene rings is 2. The van der Waals surface area contributed by atoms with E-state index in [4.69, 9.17) is 4.74 Å². The van der Waals surface area contributed by atoms with E-state index < -0.39 is 17.5 Å². The molecule has 7 heteroatoms. The molecular formula is C23H26F2N2O3. The second-order valence-electron chi connectivity index (χ2n) is 7.52. The molecule has 1 aliphatic rings. The Balaban J connectivity index is 1.36. The topological polar surface area (TPSA) is 58.6 Å². The lowest BCUT2D eigenvalue weighted by atomic mass is 10.0. The largest absolute Gasteiger partial charge is 0.494 e. The second kappa shape index (κ2) is 10.2. The minimum Gasteiger partial charge on any atom is -0.494 e. The molecular weight excluding hydrogens is 390 g/mol. The standard InChI is InChI=1S/C23H26F2N2O3/c1-16-4-7-19(8-5-16)30-14-2-3-22(28)27-12-10-18(11-13-27)26-23(29)20-9-6-17(24)15-21(20)25/h4-9,15,18H,2-3,10-14H2,1H3,(H,26,29). The third kappa shape index (κ3) is 6.02. The first kappa shape index (κ1) is 21.7. The predicted octanol–water partition coefficient (Wildman–Crippen LogP) is 3.85. The zero-order chi connectivity index (χ0) is 21.5. The van der Waals surface area contributed by atoms with Crippen molar-refractivity contribution in [3.8, 4) is 5.75 Å². The van der Waals surface area contributed by atoms with Crippen molar-refractivity contribution in [3.05, 3.63) is 65.2 Å². The normalized spacial score (nSPS) is 14.4. The van der Waals surface area contributed by atoms with Gasteiger partial charge in [0.1, 0.15) is 17.4 Å². The zero-order valence-electron chi connectivity index (χ0n) is 17.0. The van der Waals surface area contributed by atoms with Gasteiger partial charge in [-0.1, -0.05) is 17.7 Å². The number of nitrogens with zero attached hydrogens (tertiary/aromatic N) is 1. The molecule has 160 valence electrons. The highest BCUT2D eigenvalue weighted by Gasteiger charge is 2.24. The van der Waals surface area contributed by atoms with Crippen LogP contribution < -0.4 is 10.1 Å². The van der Waals surface area contributed by atoms with Gasteiger partial charge < -0.3 is 15.0 Å². The Morgan fingerprint density at radius 2 is 1.80 bits per heavy atom. The molecule has 0 bridgehead atoms. The molecule has 5 nitrogen and oxygen atoms in total. The van der Waals surface area contributed by atoms with E-state index in [0.717, 1.165) is 17.9 Å². The molecule has 0 radical (unpaired) electrons. The number of carbonyl (C=O) groups is 2. The van der Waals surface area contributed by atoms with Crippen molar-refractivity contribution in [2.24, 2.45) is 0 Å². The van der Waals surface area contributed by atoms with E-state index in [2.05, 4.69) is 5.32 Å². The lowest BCUT2D eigenvalue weighted by Gasteiger charge is -2.32. The van der Waals surface area contributed by atoms with Crippen molar-refractivity contribution in [2.75, 3.05) is 19.7 Å². The molecule has 0 aromatic heterocycles. The fourth-order valence-electron chi connectivity index (χ4n) is 3.42. The SMILES string of the molecule is Cc1ccc(OCCCC(=O)N2CCC(NC(=O)c3ccc(F)cc3F)CC2)cc1. The summed E-state index contributed by atoms with van der Waals surface area (Å²) >= 11 is 0. The Morgan fingerprint density at radius 3 is 2.47 bits per heavy atom. The third-order valence-corrected chi connectivity index (χ3v) is 5.18. The van der Waals surface area contributed by atoms with Gasteiger partial charge in [-0.15, -0.1) is 0 Å². The number of amides is 2. The smallest absolute Gasteiger partial charge is 0.254 e. The summed E-state index contributed by atoms with van der Waals surface area (Å²) in [5, 5.41) is 2.77. The maximum absolute atomic E-state index is 13.7. The number of carbonyl (C=O) groups excluding carboxylic acids is 2. The van der Waals surface area contributed by atoms with E-state index in [1.165, 1.54) is 5.56 Å². The molecule has 2 aromatic rings. The van der Waals surface area contributed by atoms with Crippen LogP contribution in [0.1, 0.15) is 41.6 Å². The summed E-state index contributed by atoms with van der Waals surface area (Å²) in [4.78, 5) is 26.4. The number of rotatable bonds is 7. The molecule has 1 heterocycles. The van der Waals surface area contributed by atoms with Crippen LogP contribution in [0.15, 0.2) is 42.5 Å². The van der Waals surface area contributed by atoms with Gasteiger partial charge in [0, 0.05) is 31.6 Å². The van der Waals surface area contributed by atoms with E-state index >= 15 is 0 Å². The van der Waals surface area contributed by atoms with Gasteiger partial charge in [0.15, 0.2) is 0 Å². The summed E-state index contributed by atoms with van der Waals surface area (Å²) in [5.74, 6) is -1.31. The molecule has 1 N–H and O–H groups in total. The average molecular weight is 416 g/mol. The number of hydrogen-bond acceptors (Lipinski definition) is 3. The number of nitrogens with one attached hydrogen (secondary N) is 1. The van der Waals surface area contributed by atoms with E-state index in [9.17, 15) is 18.4 Å². The summed E-state index contributed by atoms with van der Waals surface area (Å²) in [6, 6.07) is 10.5. The van der Waals surface area contributed by atoms with E-state index in [1.54, 1.807) is 4.90 Å². The Bertz CT molecular complexity index is 879. The van der Waals surface area contributed by atoms with Crippen LogP contribution in [0, 0.1) is 18.6 Å². The fraction of sp³-hybridized carbons (Fsp3) is 0.391. The van der Waals surface area contributed by atoms with Crippen LogP contribution in [0.2, 0.25) is 0 Å². The maximum Gasteiger partial charge on any atom is 0.254 e. The van der Waals surface area contributed by atoms with Crippen LogP contribution in [-0.4, -0.2) is 42.5 Å². The molecule has 0 saturated carbocycles. The highest BCUT2D eigenvalue weighted by atomic mass is 19.1. The van der Waals surface area contributed by atoms with Gasteiger partial charge >= 0.3 is 0 Å². The number of aryl methyl sites for hydroxylation is 1. The van der Waals surface area contributed by atoms with Gasteiger partial charge in [-0.25, -0.2) is 8.78 Å². The van der Waals surface area contributed by atoms with Gasteiger partial charge in [-0.3, -0.25) is 9.59 Å². The molecule has 0 atom stereocenters. The minimum atomic E-state index is -0.882. The van der Waals surface area contributed by atoms with Crippen LogP contribution >= 0.6 is 0 Å². The highest BCUT2D eigenvalue weighted by molar-refractivity contribution is 5.94. The first-order chi connectivity index (χ1) is 14.4. The van der Waals surface area contributed by atoms with Crippen LogP contribution in [0.25, 0.3) is 0 Å². The average Bonchev–Trinajstić information content (AvgIpc) is 2.72. The van der Waals surface area contributed by atoms with Crippen LogP contribution in [0.3, 0.4) is 0 Å². The molecule has 1 aliphatic heterocycles. The number of ether oxygens (including phenoxy) is 1. The van der Waals surface area contributed by atoms with Crippen LogP contribution in [-0.2, 0) is 4.79 Å². The third-order valence-electron chi connectivity index (χ3n) is 5.18. The summed E-state index contributed by atoms with van der Waals surface area (Å²) in [6.07, 6.45) is 2.23. The first-order valence-corrected chi connectivity index (χ1v) is 10.2. The molecule has 3 rings (SSSR count). The van der Waals surface area contributed by atoms with Crippen molar-refractivity contribution in [2.45, 2.75) is 38.6 Å². The monoisotopic (exact) mass is 416 g/mol. The number of halogens is 2. The van der Waals surface area contributed by atoms with Gasteiger partial charge in [-0.2, -0.15) is 0 Å². The minimum absolute atomic E-state index is 0.0665. The molecule has 1 fully saturated rings. The number of likely N-dealkylation sites (tertiary alicyclic amines) is 1. The van der Waals surface area contributed by atoms with E-state index in [0.29, 0.717) is 51.4 Å². The van der Waals surface area contributed by atoms with Crippen LogP contribution in [0.4, 0.5) is 8.78 Å². The van der Waals surface area contributed by atoms with Gasteiger partial charge in [0.05, 0.1) is 12.2 Å². The van der Waals surface area contributed by atoms with Crippen molar-refractivity contribution in [1.29, 1.82) is 0 Å². The Morgan fingerprint density at radius 1 is 1.10 bits per heavy atom. The highest BCUT2D eigenvalue weighted by Crippen LogP contribution is 2.16. The first-order valence-electron chi connectivity index (χ1n) is 10.2. The Labute approximate surface area is 175 Å². The van der Waals surface area contributed by atoms with Crippen LogP contribution in [0.5, 0.6) is 5.75 Å². The Hall–Kier alpha value is -2.96. The molecule has 0 unspecified atom stereocenters. The van der Waals surface area contributed by atoms with Gasteiger partial charge in [-0.05, 0) is 50.5 Å². The summed E-state index contributed by atoms with van der Waals surface area (Å²) in [6.45, 7) is 3.56. The molecule has 2 amide bonds. The fourth-order valence-corrected chi connectivity index (χ4v) is 3.42. The van der Waals surface area contributed by atoms with Crippen molar-refractivity contribution >= 4 is 11.8 Å². The van der Waals surface area contributed by atoms with Gasteiger partial charge in [0.25, 0.3) is 5.91 Å².